The molecule has 0 amide bonds. The second-order valence-electron chi connectivity index (χ2n) is 4.92. The summed E-state index contributed by atoms with van der Waals surface area (Å²) in [6, 6.07) is 2.31. The Hall–Kier alpha value is -1.16. The molecule has 1 rings (SSSR count). The first kappa shape index (κ1) is 15.9. The summed E-state index contributed by atoms with van der Waals surface area (Å²) < 4.78 is 7.44. The SMILES string of the molecule is CCCC(OCC)C(=O)Cc1ccn(C(C)CC)n1. The minimum absolute atomic E-state index is 0.137. The van der Waals surface area contributed by atoms with Gasteiger partial charge in [-0.25, -0.2) is 0 Å². The Bertz CT molecular complexity index is 381. The highest BCUT2D eigenvalue weighted by Gasteiger charge is 2.19. The number of ketones is 1. The molecule has 1 heterocycles. The van der Waals surface area contributed by atoms with Gasteiger partial charge in [0.15, 0.2) is 5.78 Å². The molecule has 0 saturated carbocycles. The molecule has 4 nitrogen and oxygen atoms in total. The summed E-state index contributed by atoms with van der Waals surface area (Å²) in [6.07, 6.45) is 4.83. The van der Waals surface area contributed by atoms with Gasteiger partial charge in [0.25, 0.3) is 0 Å². The molecule has 0 spiro atoms. The van der Waals surface area contributed by atoms with Gasteiger partial charge in [0, 0.05) is 18.8 Å². The molecule has 1 aromatic heterocycles. The third-order valence-corrected chi connectivity index (χ3v) is 3.34. The van der Waals surface area contributed by atoms with Gasteiger partial charge in [-0.3, -0.25) is 9.48 Å². The summed E-state index contributed by atoms with van der Waals surface area (Å²) >= 11 is 0. The van der Waals surface area contributed by atoms with Crippen LogP contribution in [-0.4, -0.2) is 28.3 Å². The molecule has 0 aliphatic rings. The van der Waals surface area contributed by atoms with E-state index in [2.05, 4.69) is 25.9 Å². The van der Waals surface area contributed by atoms with Crippen molar-refractivity contribution in [2.45, 2.75) is 65.5 Å². The molecule has 4 heteroatoms. The number of carbonyl (C=O) groups is 1. The van der Waals surface area contributed by atoms with E-state index in [-0.39, 0.29) is 11.9 Å². The standard InChI is InChI=1S/C15H26N2O2/c1-5-8-15(19-7-3)14(18)11-13-9-10-17(16-13)12(4)6-2/h9-10,12,15H,5-8,11H2,1-4H3. The second kappa shape index (κ2) is 8.10. The third kappa shape index (κ3) is 4.78. The van der Waals surface area contributed by atoms with Crippen molar-refractivity contribution in [3.63, 3.8) is 0 Å². The van der Waals surface area contributed by atoms with Gasteiger partial charge in [0.2, 0.25) is 0 Å². The fourth-order valence-electron chi connectivity index (χ4n) is 2.00. The van der Waals surface area contributed by atoms with E-state index in [0.717, 1.165) is 25.0 Å². The second-order valence-corrected chi connectivity index (χ2v) is 4.92. The maximum absolute atomic E-state index is 12.2. The zero-order valence-electron chi connectivity index (χ0n) is 12.6. The van der Waals surface area contributed by atoms with Gasteiger partial charge in [0.1, 0.15) is 6.10 Å². The number of nitrogens with zero attached hydrogens (tertiary/aromatic N) is 2. The van der Waals surface area contributed by atoms with E-state index >= 15 is 0 Å². The van der Waals surface area contributed by atoms with Crippen molar-refractivity contribution in [1.82, 2.24) is 9.78 Å². The van der Waals surface area contributed by atoms with Crippen molar-refractivity contribution in [2.75, 3.05) is 6.61 Å². The third-order valence-electron chi connectivity index (χ3n) is 3.34. The fraction of sp³-hybridized carbons (Fsp3) is 0.733. The lowest BCUT2D eigenvalue weighted by molar-refractivity contribution is -0.130. The minimum atomic E-state index is -0.274. The number of hydrogen-bond donors (Lipinski definition) is 0. The Morgan fingerprint density at radius 1 is 1.42 bits per heavy atom. The van der Waals surface area contributed by atoms with Crippen LogP contribution < -0.4 is 0 Å². The summed E-state index contributed by atoms with van der Waals surface area (Å²) in [5, 5.41) is 4.46. The topological polar surface area (TPSA) is 44.1 Å². The van der Waals surface area contributed by atoms with Crippen molar-refractivity contribution < 1.29 is 9.53 Å². The van der Waals surface area contributed by atoms with Crippen molar-refractivity contribution in [3.05, 3.63) is 18.0 Å². The molecule has 1 aromatic rings. The van der Waals surface area contributed by atoms with E-state index in [9.17, 15) is 4.79 Å². The highest BCUT2D eigenvalue weighted by Crippen LogP contribution is 2.12. The lowest BCUT2D eigenvalue weighted by atomic mass is 10.1. The van der Waals surface area contributed by atoms with Gasteiger partial charge in [-0.05, 0) is 32.8 Å². The Morgan fingerprint density at radius 2 is 2.16 bits per heavy atom. The van der Waals surface area contributed by atoms with Crippen LogP contribution in [0.2, 0.25) is 0 Å². The van der Waals surface area contributed by atoms with Crippen LogP contribution in [0.1, 0.15) is 58.7 Å². The van der Waals surface area contributed by atoms with Crippen LogP contribution >= 0.6 is 0 Å². The average molecular weight is 266 g/mol. The predicted octanol–water partition coefficient (Wildman–Crippen LogP) is 3.17. The van der Waals surface area contributed by atoms with Gasteiger partial charge in [-0.1, -0.05) is 20.3 Å². The molecule has 19 heavy (non-hydrogen) atoms. The largest absolute Gasteiger partial charge is 0.371 e. The van der Waals surface area contributed by atoms with E-state index in [0.29, 0.717) is 19.1 Å². The van der Waals surface area contributed by atoms with Crippen LogP contribution in [0, 0.1) is 0 Å². The van der Waals surface area contributed by atoms with Crippen LogP contribution in [-0.2, 0) is 16.0 Å². The number of hydrogen-bond acceptors (Lipinski definition) is 3. The van der Waals surface area contributed by atoms with Gasteiger partial charge >= 0.3 is 0 Å². The number of ether oxygens (including phenoxy) is 1. The van der Waals surface area contributed by atoms with E-state index in [4.69, 9.17) is 4.74 Å². The van der Waals surface area contributed by atoms with Crippen LogP contribution in [0.15, 0.2) is 12.3 Å². The molecular weight excluding hydrogens is 240 g/mol. The molecule has 2 atom stereocenters. The molecule has 108 valence electrons. The lowest BCUT2D eigenvalue weighted by Gasteiger charge is -2.14. The Balaban J connectivity index is 2.62. The summed E-state index contributed by atoms with van der Waals surface area (Å²) in [5.74, 6) is 0.137. The summed E-state index contributed by atoms with van der Waals surface area (Å²) in [4.78, 5) is 12.2. The van der Waals surface area contributed by atoms with Crippen molar-refractivity contribution >= 4 is 5.78 Å². The van der Waals surface area contributed by atoms with Crippen molar-refractivity contribution in [1.29, 1.82) is 0 Å². The Kier molecular flexibility index (Phi) is 6.78. The van der Waals surface area contributed by atoms with Gasteiger partial charge < -0.3 is 4.74 Å². The van der Waals surface area contributed by atoms with E-state index in [1.54, 1.807) is 0 Å². The van der Waals surface area contributed by atoms with Crippen LogP contribution in [0.25, 0.3) is 0 Å². The van der Waals surface area contributed by atoms with E-state index in [1.165, 1.54) is 0 Å². The number of aromatic nitrogens is 2. The molecule has 2 unspecified atom stereocenters. The predicted molar refractivity (Wildman–Crippen MR) is 76.3 cm³/mol. The molecule has 0 saturated heterocycles. The normalized spacial score (nSPS) is 14.3. The van der Waals surface area contributed by atoms with Gasteiger partial charge in [-0.15, -0.1) is 0 Å². The molecule has 0 aliphatic carbocycles. The van der Waals surface area contributed by atoms with Crippen LogP contribution in [0.5, 0.6) is 0 Å². The molecule has 0 fully saturated rings. The van der Waals surface area contributed by atoms with E-state index in [1.807, 2.05) is 23.9 Å². The molecule has 0 aromatic carbocycles. The van der Waals surface area contributed by atoms with Gasteiger partial charge in [-0.2, -0.15) is 5.10 Å². The zero-order valence-corrected chi connectivity index (χ0v) is 12.6. The number of carbonyl (C=O) groups excluding carboxylic acids is 1. The smallest absolute Gasteiger partial charge is 0.167 e. The highest BCUT2D eigenvalue weighted by atomic mass is 16.5. The summed E-state index contributed by atoms with van der Waals surface area (Å²) in [7, 11) is 0. The molecular formula is C15H26N2O2. The molecule has 0 bridgehead atoms. The zero-order chi connectivity index (χ0) is 14.3. The fourth-order valence-corrected chi connectivity index (χ4v) is 2.00. The van der Waals surface area contributed by atoms with Gasteiger partial charge in [0.05, 0.1) is 12.1 Å². The molecule has 0 aliphatic heterocycles. The minimum Gasteiger partial charge on any atom is -0.371 e. The lowest BCUT2D eigenvalue weighted by Crippen LogP contribution is -2.26. The maximum atomic E-state index is 12.2. The highest BCUT2D eigenvalue weighted by molar-refractivity contribution is 5.84. The monoisotopic (exact) mass is 266 g/mol. The Labute approximate surface area is 116 Å². The first-order chi connectivity index (χ1) is 9.12. The first-order valence-electron chi connectivity index (χ1n) is 7.30. The summed E-state index contributed by atoms with van der Waals surface area (Å²) in [5.41, 5.74) is 0.839. The van der Waals surface area contributed by atoms with Crippen LogP contribution in [0.4, 0.5) is 0 Å². The first-order valence-corrected chi connectivity index (χ1v) is 7.30. The quantitative estimate of drug-likeness (QED) is 0.689. The average Bonchev–Trinajstić information content (AvgIpc) is 2.86. The van der Waals surface area contributed by atoms with Crippen molar-refractivity contribution in [2.24, 2.45) is 0 Å². The number of Topliss-reactive ketones (excluding diaryl/α,β-unsaturated/α-hetero) is 1. The van der Waals surface area contributed by atoms with Crippen molar-refractivity contribution in [3.8, 4) is 0 Å². The Morgan fingerprint density at radius 3 is 2.74 bits per heavy atom. The summed E-state index contributed by atoms with van der Waals surface area (Å²) in [6.45, 7) is 8.82. The van der Waals surface area contributed by atoms with E-state index < -0.39 is 0 Å². The number of rotatable bonds is 9. The molecule has 0 radical (unpaired) electrons. The van der Waals surface area contributed by atoms with Crippen LogP contribution in [0.3, 0.4) is 0 Å². The maximum Gasteiger partial charge on any atom is 0.167 e. The molecule has 0 N–H and O–H groups in total.